The van der Waals surface area contributed by atoms with E-state index < -0.39 is 11.6 Å². The van der Waals surface area contributed by atoms with E-state index in [1.54, 1.807) is 0 Å². The molecule has 0 aliphatic carbocycles. The highest BCUT2D eigenvalue weighted by molar-refractivity contribution is 6.14. The first-order valence-electron chi connectivity index (χ1n) is 5.84. The first-order valence-corrected chi connectivity index (χ1v) is 5.84. The molecule has 1 nitrogen and oxygen atoms in total. The number of benzene rings is 2. The van der Waals surface area contributed by atoms with Crippen molar-refractivity contribution in [1.29, 1.82) is 0 Å². The van der Waals surface area contributed by atoms with E-state index in [-0.39, 0.29) is 0 Å². The second kappa shape index (κ2) is 4.33. The molecule has 1 aliphatic rings. The Morgan fingerprint density at radius 3 is 2.44 bits per heavy atom. The minimum atomic E-state index is -0.820. The Morgan fingerprint density at radius 2 is 1.67 bits per heavy atom. The average molecular weight is 243 g/mol. The maximum absolute atomic E-state index is 13.4. The fraction of sp³-hybridized carbons (Fsp3) is 0.133. The summed E-state index contributed by atoms with van der Waals surface area (Å²) in [6.07, 6.45) is 0.656. The van der Waals surface area contributed by atoms with Crippen LogP contribution in [-0.2, 0) is 6.42 Å². The van der Waals surface area contributed by atoms with E-state index in [9.17, 15) is 8.78 Å². The summed E-state index contributed by atoms with van der Waals surface area (Å²) in [5.41, 5.74) is 3.20. The largest absolute Gasteiger partial charge is 0.284 e. The Balaban J connectivity index is 2.16. The SMILES string of the molecule is Fc1cc2c(cc1F)C(c1ccccc1)=NCC2. The summed E-state index contributed by atoms with van der Waals surface area (Å²) in [7, 11) is 0. The summed E-state index contributed by atoms with van der Waals surface area (Å²) in [5, 5.41) is 0. The van der Waals surface area contributed by atoms with Gasteiger partial charge >= 0.3 is 0 Å². The van der Waals surface area contributed by atoms with Crippen molar-refractivity contribution in [3.8, 4) is 0 Å². The number of nitrogens with zero attached hydrogens (tertiary/aromatic N) is 1. The zero-order valence-electron chi connectivity index (χ0n) is 9.66. The highest BCUT2D eigenvalue weighted by Crippen LogP contribution is 2.23. The van der Waals surface area contributed by atoms with Crippen molar-refractivity contribution in [2.75, 3.05) is 6.54 Å². The Bertz CT molecular complexity index is 618. The number of fused-ring (bicyclic) bond motifs is 1. The van der Waals surface area contributed by atoms with Crippen LogP contribution in [-0.4, -0.2) is 12.3 Å². The summed E-state index contributed by atoms with van der Waals surface area (Å²) in [4.78, 5) is 4.44. The van der Waals surface area contributed by atoms with E-state index in [0.29, 0.717) is 18.5 Å². The highest BCUT2D eigenvalue weighted by atomic mass is 19.2. The molecule has 0 atom stereocenters. The van der Waals surface area contributed by atoms with Crippen LogP contribution in [0.2, 0.25) is 0 Å². The summed E-state index contributed by atoms with van der Waals surface area (Å²) in [6, 6.07) is 12.1. The van der Waals surface area contributed by atoms with Crippen LogP contribution in [0.1, 0.15) is 16.7 Å². The fourth-order valence-corrected chi connectivity index (χ4v) is 2.23. The van der Waals surface area contributed by atoms with Crippen molar-refractivity contribution >= 4 is 5.71 Å². The second-order valence-electron chi connectivity index (χ2n) is 4.27. The Hall–Kier alpha value is -2.03. The van der Waals surface area contributed by atoms with Crippen LogP contribution in [0.25, 0.3) is 0 Å². The minimum Gasteiger partial charge on any atom is -0.284 e. The van der Waals surface area contributed by atoms with Crippen molar-refractivity contribution in [3.05, 3.63) is 70.8 Å². The molecule has 1 aliphatic heterocycles. The third-order valence-electron chi connectivity index (χ3n) is 3.10. The first kappa shape index (κ1) is 11.1. The van der Waals surface area contributed by atoms with Gasteiger partial charge < -0.3 is 0 Å². The van der Waals surface area contributed by atoms with Gasteiger partial charge in [-0.05, 0) is 24.1 Å². The zero-order chi connectivity index (χ0) is 12.5. The topological polar surface area (TPSA) is 12.4 Å². The van der Waals surface area contributed by atoms with Crippen LogP contribution < -0.4 is 0 Å². The predicted molar refractivity (Wildman–Crippen MR) is 67.0 cm³/mol. The van der Waals surface area contributed by atoms with Crippen LogP contribution >= 0.6 is 0 Å². The average Bonchev–Trinajstić information content (AvgIpc) is 2.40. The van der Waals surface area contributed by atoms with Gasteiger partial charge in [-0.2, -0.15) is 0 Å². The lowest BCUT2D eigenvalue weighted by Gasteiger charge is -2.17. The molecule has 18 heavy (non-hydrogen) atoms. The van der Waals surface area contributed by atoms with Gasteiger partial charge in [-0.3, -0.25) is 4.99 Å². The standard InChI is InChI=1S/C15H11F2N/c16-13-8-11-6-7-18-15(12(11)9-14(13)17)10-4-2-1-3-5-10/h1-5,8-9H,6-7H2. The van der Waals surface area contributed by atoms with Gasteiger partial charge in [0.2, 0.25) is 0 Å². The molecular formula is C15H11F2N. The van der Waals surface area contributed by atoms with Crippen molar-refractivity contribution in [1.82, 2.24) is 0 Å². The number of hydrogen-bond acceptors (Lipinski definition) is 1. The summed E-state index contributed by atoms with van der Waals surface area (Å²) < 4.78 is 26.6. The lowest BCUT2D eigenvalue weighted by atomic mass is 9.93. The predicted octanol–water partition coefficient (Wildman–Crippen LogP) is 3.36. The van der Waals surface area contributed by atoms with Gasteiger partial charge in [0.05, 0.1) is 5.71 Å². The van der Waals surface area contributed by atoms with E-state index in [4.69, 9.17) is 0 Å². The van der Waals surface area contributed by atoms with Crippen LogP contribution in [0, 0.1) is 11.6 Å². The van der Waals surface area contributed by atoms with Gasteiger partial charge in [-0.1, -0.05) is 30.3 Å². The molecule has 0 aromatic heterocycles. The molecule has 0 amide bonds. The smallest absolute Gasteiger partial charge is 0.159 e. The highest BCUT2D eigenvalue weighted by Gasteiger charge is 2.18. The summed E-state index contributed by atoms with van der Waals surface area (Å²) in [6.45, 7) is 0.613. The molecule has 0 radical (unpaired) electrons. The normalized spacial score (nSPS) is 14.0. The van der Waals surface area contributed by atoms with Gasteiger partial charge in [0.15, 0.2) is 11.6 Å². The molecule has 0 fully saturated rings. The van der Waals surface area contributed by atoms with E-state index in [1.807, 2.05) is 30.3 Å². The number of rotatable bonds is 1. The van der Waals surface area contributed by atoms with Gasteiger partial charge in [0.1, 0.15) is 0 Å². The quantitative estimate of drug-likeness (QED) is 0.728. The molecule has 0 unspecified atom stereocenters. The molecule has 1 heterocycles. The molecule has 90 valence electrons. The monoisotopic (exact) mass is 243 g/mol. The number of aliphatic imine (C=N–C) groups is 1. The molecular weight excluding hydrogens is 232 g/mol. The number of hydrogen-bond donors (Lipinski definition) is 0. The first-order chi connectivity index (χ1) is 8.75. The van der Waals surface area contributed by atoms with Crippen molar-refractivity contribution in [2.24, 2.45) is 4.99 Å². The summed E-state index contributed by atoms with van der Waals surface area (Å²) in [5.74, 6) is -1.61. The third-order valence-corrected chi connectivity index (χ3v) is 3.10. The van der Waals surface area contributed by atoms with Crippen LogP contribution in [0.3, 0.4) is 0 Å². The molecule has 0 N–H and O–H groups in total. The van der Waals surface area contributed by atoms with Gasteiger partial charge in [0.25, 0.3) is 0 Å². The Morgan fingerprint density at radius 1 is 0.944 bits per heavy atom. The second-order valence-corrected chi connectivity index (χ2v) is 4.27. The van der Waals surface area contributed by atoms with Crippen LogP contribution in [0.4, 0.5) is 8.78 Å². The van der Waals surface area contributed by atoms with Crippen molar-refractivity contribution < 1.29 is 8.78 Å². The molecule has 2 aromatic rings. The van der Waals surface area contributed by atoms with E-state index in [2.05, 4.69) is 4.99 Å². The molecule has 0 bridgehead atoms. The lowest BCUT2D eigenvalue weighted by molar-refractivity contribution is 0.506. The van der Waals surface area contributed by atoms with Gasteiger partial charge in [-0.25, -0.2) is 8.78 Å². The third kappa shape index (κ3) is 1.82. The van der Waals surface area contributed by atoms with E-state index >= 15 is 0 Å². The number of halogens is 2. The van der Waals surface area contributed by atoms with E-state index in [0.717, 1.165) is 16.8 Å². The Labute approximate surface area is 104 Å². The van der Waals surface area contributed by atoms with Crippen LogP contribution in [0.5, 0.6) is 0 Å². The van der Waals surface area contributed by atoms with Gasteiger partial charge in [-0.15, -0.1) is 0 Å². The maximum Gasteiger partial charge on any atom is 0.159 e. The molecule has 3 heteroatoms. The minimum absolute atomic E-state index is 0.613. The van der Waals surface area contributed by atoms with Gasteiger partial charge in [0, 0.05) is 17.7 Å². The fourth-order valence-electron chi connectivity index (χ4n) is 2.23. The molecule has 2 aromatic carbocycles. The van der Waals surface area contributed by atoms with E-state index in [1.165, 1.54) is 12.1 Å². The van der Waals surface area contributed by atoms with Crippen molar-refractivity contribution in [3.63, 3.8) is 0 Å². The van der Waals surface area contributed by atoms with Crippen molar-refractivity contribution in [2.45, 2.75) is 6.42 Å². The maximum atomic E-state index is 13.4. The lowest BCUT2D eigenvalue weighted by Crippen LogP contribution is -2.15. The molecule has 0 saturated carbocycles. The summed E-state index contributed by atoms with van der Waals surface area (Å²) >= 11 is 0. The molecule has 3 rings (SSSR count). The Kier molecular flexibility index (Phi) is 2.67. The zero-order valence-corrected chi connectivity index (χ0v) is 9.66. The van der Waals surface area contributed by atoms with Crippen LogP contribution in [0.15, 0.2) is 47.5 Å². The molecule has 0 saturated heterocycles. The molecule has 0 spiro atoms.